The first kappa shape index (κ1) is 13.8. The summed E-state index contributed by atoms with van der Waals surface area (Å²) in [7, 11) is 0. The summed E-state index contributed by atoms with van der Waals surface area (Å²) < 4.78 is 19.0. The number of ether oxygens (including phenoxy) is 1. The molecule has 1 atom stereocenters. The fourth-order valence-electron chi connectivity index (χ4n) is 2.17. The lowest BCUT2D eigenvalue weighted by molar-refractivity contribution is -0.136. The first-order valence-corrected chi connectivity index (χ1v) is 6.46. The lowest BCUT2D eigenvalue weighted by Gasteiger charge is -2.21. The zero-order valence-electron chi connectivity index (χ0n) is 10.9. The highest BCUT2D eigenvalue weighted by atomic mass is 19.1. The third kappa shape index (κ3) is 3.23. The van der Waals surface area contributed by atoms with Crippen molar-refractivity contribution in [2.75, 3.05) is 13.1 Å². The monoisotopic (exact) mass is 267 g/mol. The van der Waals surface area contributed by atoms with E-state index in [1.165, 1.54) is 12.1 Å². The Kier molecular flexibility index (Phi) is 4.37. The van der Waals surface area contributed by atoms with Crippen molar-refractivity contribution in [3.63, 3.8) is 0 Å². The number of benzene rings is 1. The summed E-state index contributed by atoms with van der Waals surface area (Å²) in [5, 5.41) is 8.90. The van der Waals surface area contributed by atoms with Crippen LogP contribution >= 0.6 is 0 Å². The second kappa shape index (κ2) is 6.02. The number of carbonyl (C=O) groups is 1. The Hall–Kier alpha value is -1.62. The van der Waals surface area contributed by atoms with E-state index in [1.807, 2.05) is 0 Å². The Morgan fingerprint density at radius 2 is 2.16 bits per heavy atom. The molecule has 2 rings (SSSR count). The molecule has 1 N–H and O–H groups in total. The van der Waals surface area contributed by atoms with E-state index in [0.29, 0.717) is 5.56 Å². The topological polar surface area (TPSA) is 49.8 Å². The van der Waals surface area contributed by atoms with E-state index in [4.69, 9.17) is 9.84 Å². The summed E-state index contributed by atoms with van der Waals surface area (Å²) in [5.74, 6) is -0.631. The van der Waals surface area contributed by atoms with Crippen LogP contribution in [0.2, 0.25) is 0 Å². The highest BCUT2D eigenvalue weighted by Crippen LogP contribution is 2.21. The Morgan fingerprint density at radius 1 is 1.47 bits per heavy atom. The maximum atomic E-state index is 13.7. The van der Waals surface area contributed by atoms with Crippen LogP contribution in [-0.4, -0.2) is 35.1 Å². The highest BCUT2D eigenvalue weighted by molar-refractivity contribution is 5.81. The molecular weight excluding hydrogens is 249 g/mol. The lowest BCUT2D eigenvalue weighted by Crippen LogP contribution is -2.38. The summed E-state index contributed by atoms with van der Waals surface area (Å²) >= 11 is 0. The lowest BCUT2D eigenvalue weighted by atomic mass is 10.2. The van der Waals surface area contributed by atoms with Gasteiger partial charge in [0.05, 0.1) is 6.61 Å². The van der Waals surface area contributed by atoms with Gasteiger partial charge in [-0.25, -0.2) is 4.39 Å². The molecule has 0 spiro atoms. The van der Waals surface area contributed by atoms with Crippen LogP contribution < -0.4 is 4.74 Å². The first-order valence-electron chi connectivity index (χ1n) is 6.46. The maximum Gasteiger partial charge on any atom is 0.263 e. The molecule has 1 unspecified atom stereocenters. The van der Waals surface area contributed by atoms with Gasteiger partial charge in [0.25, 0.3) is 5.91 Å². The molecule has 0 bridgehead atoms. The molecule has 0 radical (unpaired) electrons. The third-order valence-corrected chi connectivity index (χ3v) is 3.25. The third-order valence-electron chi connectivity index (χ3n) is 3.25. The van der Waals surface area contributed by atoms with E-state index in [2.05, 4.69) is 0 Å². The van der Waals surface area contributed by atoms with Gasteiger partial charge in [-0.3, -0.25) is 4.79 Å². The van der Waals surface area contributed by atoms with Crippen molar-refractivity contribution in [3.8, 4) is 5.75 Å². The molecule has 1 aliphatic rings. The number of hydrogen-bond donors (Lipinski definition) is 1. The molecule has 0 aliphatic carbocycles. The molecular formula is C14H18FNO3. The van der Waals surface area contributed by atoms with Gasteiger partial charge in [-0.2, -0.15) is 0 Å². The van der Waals surface area contributed by atoms with E-state index in [-0.39, 0.29) is 18.3 Å². The largest absolute Gasteiger partial charge is 0.478 e. The summed E-state index contributed by atoms with van der Waals surface area (Å²) in [4.78, 5) is 13.8. The van der Waals surface area contributed by atoms with Crippen LogP contribution in [-0.2, 0) is 11.4 Å². The summed E-state index contributed by atoms with van der Waals surface area (Å²) in [5.41, 5.74) is 0.475. The van der Waals surface area contributed by atoms with E-state index < -0.39 is 11.9 Å². The standard InChI is InChI=1S/C14H18FNO3/c1-10(14(18)16-6-2-3-7-16)19-13-5-4-11(9-17)8-12(13)15/h4-5,8,10,17H,2-3,6-7,9H2,1H3. The van der Waals surface area contributed by atoms with Gasteiger partial charge in [0, 0.05) is 13.1 Å². The zero-order valence-corrected chi connectivity index (χ0v) is 10.9. The van der Waals surface area contributed by atoms with E-state index >= 15 is 0 Å². The summed E-state index contributed by atoms with van der Waals surface area (Å²) in [6.07, 6.45) is 1.32. The SMILES string of the molecule is CC(Oc1ccc(CO)cc1F)C(=O)N1CCCC1. The van der Waals surface area contributed by atoms with Crippen molar-refractivity contribution in [2.45, 2.75) is 32.5 Å². The Balaban J connectivity index is 2.01. The van der Waals surface area contributed by atoms with Crippen molar-refractivity contribution >= 4 is 5.91 Å². The molecule has 1 saturated heterocycles. The molecule has 0 aromatic heterocycles. The fraction of sp³-hybridized carbons (Fsp3) is 0.500. The molecule has 1 heterocycles. The highest BCUT2D eigenvalue weighted by Gasteiger charge is 2.25. The molecule has 1 aromatic rings. The fourth-order valence-corrected chi connectivity index (χ4v) is 2.17. The predicted octanol–water partition coefficient (Wildman–Crippen LogP) is 1.71. The molecule has 1 aliphatic heterocycles. The van der Waals surface area contributed by atoms with Crippen LogP contribution in [0.15, 0.2) is 18.2 Å². The van der Waals surface area contributed by atoms with Crippen LogP contribution in [0.4, 0.5) is 4.39 Å². The van der Waals surface area contributed by atoms with Crippen molar-refractivity contribution in [2.24, 2.45) is 0 Å². The molecule has 5 heteroatoms. The molecule has 104 valence electrons. The van der Waals surface area contributed by atoms with Crippen LogP contribution in [0.1, 0.15) is 25.3 Å². The number of amides is 1. The number of hydrogen-bond acceptors (Lipinski definition) is 3. The van der Waals surface area contributed by atoms with Crippen molar-refractivity contribution in [1.82, 2.24) is 4.90 Å². The van der Waals surface area contributed by atoms with Crippen LogP contribution in [0.5, 0.6) is 5.75 Å². The smallest absolute Gasteiger partial charge is 0.263 e. The van der Waals surface area contributed by atoms with Crippen molar-refractivity contribution in [1.29, 1.82) is 0 Å². The number of rotatable bonds is 4. The van der Waals surface area contributed by atoms with Gasteiger partial charge in [-0.05, 0) is 37.5 Å². The zero-order chi connectivity index (χ0) is 13.8. The van der Waals surface area contributed by atoms with Crippen LogP contribution in [0.25, 0.3) is 0 Å². The Bertz CT molecular complexity index is 458. The molecule has 1 aromatic carbocycles. The predicted molar refractivity (Wildman–Crippen MR) is 68.2 cm³/mol. The van der Waals surface area contributed by atoms with Gasteiger partial charge >= 0.3 is 0 Å². The average Bonchev–Trinajstić information content (AvgIpc) is 2.94. The van der Waals surface area contributed by atoms with E-state index in [0.717, 1.165) is 25.9 Å². The first-order chi connectivity index (χ1) is 9.11. The number of aliphatic hydroxyl groups is 1. The van der Waals surface area contributed by atoms with Gasteiger partial charge < -0.3 is 14.7 Å². The van der Waals surface area contributed by atoms with Gasteiger partial charge in [-0.15, -0.1) is 0 Å². The number of carbonyl (C=O) groups excluding carboxylic acids is 1. The van der Waals surface area contributed by atoms with Gasteiger partial charge in [0.2, 0.25) is 0 Å². The van der Waals surface area contributed by atoms with Gasteiger partial charge in [0.15, 0.2) is 17.7 Å². The summed E-state index contributed by atoms with van der Waals surface area (Å²) in [6.45, 7) is 2.90. The Morgan fingerprint density at radius 3 is 2.74 bits per heavy atom. The minimum atomic E-state index is -0.701. The average molecular weight is 267 g/mol. The molecule has 0 saturated carbocycles. The second-order valence-electron chi connectivity index (χ2n) is 4.72. The number of halogens is 1. The van der Waals surface area contributed by atoms with E-state index in [1.54, 1.807) is 17.9 Å². The second-order valence-corrected chi connectivity index (χ2v) is 4.72. The van der Waals surface area contributed by atoms with Crippen LogP contribution in [0, 0.1) is 5.82 Å². The van der Waals surface area contributed by atoms with Crippen molar-refractivity contribution < 1.29 is 19.0 Å². The maximum absolute atomic E-state index is 13.7. The minimum Gasteiger partial charge on any atom is -0.478 e. The molecule has 19 heavy (non-hydrogen) atoms. The summed E-state index contributed by atoms with van der Waals surface area (Å²) in [6, 6.07) is 4.22. The van der Waals surface area contributed by atoms with E-state index in [9.17, 15) is 9.18 Å². The number of nitrogens with zero attached hydrogens (tertiary/aromatic N) is 1. The molecule has 1 fully saturated rings. The van der Waals surface area contributed by atoms with Gasteiger partial charge in [0.1, 0.15) is 0 Å². The van der Waals surface area contributed by atoms with Gasteiger partial charge in [-0.1, -0.05) is 6.07 Å². The minimum absolute atomic E-state index is 0.0391. The van der Waals surface area contributed by atoms with Crippen LogP contribution in [0.3, 0.4) is 0 Å². The molecule has 1 amide bonds. The molecule has 4 nitrogen and oxygen atoms in total. The quantitative estimate of drug-likeness (QED) is 0.903. The van der Waals surface area contributed by atoms with Crippen molar-refractivity contribution in [3.05, 3.63) is 29.6 Å². The number of likely N-dealkylation sites (tertiary alicyclic amines) is 1. The number of aliphatic hydroxyl groups excluding tert-OH is 1. The Labute approximate surface area is 111 Å². The normalized spacial score (nSPS) is 16.5.